The van der Waals surface area contributed by atoms with Gasteiger partial charge in [0.15, 0.2) is 0 Å². The third-order valence-electron chi connectivity index (χ3n) is 4.85. The van der Waals surface area contributed by atoms with Crippen molar-refractivity contribution >= 4 is 17.5 Å². The van der Waals surface area contributed by atoms with E-state index in [4.69, 9.17) is 0 Å². The van der Waals surface area contributed by atoms with Crippen molar-refractivity contribution < 1.29 is 9.59 Å². The summed E-state index contributed by atoms with van der Waals surface area (Å²) in [7, 11) is 0. The molecule has 1 atom stereocenters. The normalized spacial score (nSPS) is 16.7. The van der Waals surface area contributed by atoms with Crippen molar-refractivity contribution in [2.45, 2.75) is 39.2 Å². The molecule has 1 fully saturated rings. The fourth-order valence-electron chi connectivity index (χ4n) is 3.25. The molecule has 2 aromatic rings. The maximum atomic E-state index is 12.7. The summed E-state index contributed by atoms with van der Waals surface area (Å²) in [5, 5.41) is 2.97. The average molecular weight is 336 g/mol. The molecule has 0 spiro atoms. The Balaban J connectivity index is 1.66. The molecule has 0 bridgehead atoms. The smallest absolute Gasteiger partial charge is 0.247 e. The minimum absolute atomic E-state index is 0.0175. The van der Waals surface area contributed by atoms with Gasteiger partial charge in [0.1, 0.15) is 6.04 Å². The molecule has 4 heteroatoms. The molecule has 1 N–H and O–H groups in total. The zero-order valence-corrected chi connectivity index (χ0v) is 14.8. The molecular formula is C21H24N2O2. The van der Waals surface area contributed by atoms with Gasteiger partial charge in [0.25, 0.3) is 0 Å². The molecule has 0 saturated carbocycles. The van der Waals surface area contributed by atoms with Gasteiger partial charge in [0.05, 0.1) is 6.42 Å². The van der Waals surface area contributed by atoms with E-state index in [9.17, 15) is 9.59 Å². The molecule has 3 rings (SSSR count). The number of nitrogens with one attached hydrogen (secondary N) is 1. The summed E-state index contributed by atoms with van der Waals surface area (Å²) in [5.41, 5.74) is 4.10. The molecule has 0 aromatic heterocycles. The number of aryl methyl sites for hydroxylation is 2. The minimum Gasteiger partial charge on any atom is -0.330 e. The van der Waals surface area contributed by atoms with Crippen molar-refractivity contribution in [3.8, 4) is 0 Å². The highest BCUT2D eigenvalue weighted by Crippen LogP contribution is 2.21. The van der Waals surface area contributed by atoms with Crippen LogP contribution in [0.4, 0.5) is 5.69 Å². The summed E-state index contributed by atoms with van der Waals surface area (Å²) in [6, 6.07) is 15.2. The van der Waals surface area contributed by atoms with Crippen LogP contribution in [0.2, 0.25) is 0 Å². The van der Waals surface area contributed by atoms with Crippen LogP contribution in [0.1, 0.15) is 29.5 Å². The second-order valence-corrected chi connectivity index (χ2v) is 6.70. The standard InChI is InChI=1S/C21H24N2O2/c1-15-10-11-18(13-16(15)2)22-21(25)19-9-6-12-23(19)20(24)14-17-7-4-3-5-8-17/h3-5,7-8,10-11,13,19H,6,9,12,14H2,1-2H3,(H,22,25). The number of anilines is 1. The Labute approximate surface area is 148 Å². The van der Waals surface area contributed by atoms with Gasteiger partial charge >= 0.3 is 0 Å². The molecule has 2 amide bonds. The second-order valence-electron chi connectivity index (χ2n) is 6.70. The molecule has 0 aliphatic carbocycles. The van der Waals surface area contributed by atoms with Crippen LogP contribution < -0.4 is 5.32 Å². The van der Waals surface area contributed by atoms with E-state index in [1.807, 2.05) is 62.4 Å². The van der Waals surface area contributed by atoms with Crippen LogP contribution in [0.25, 0.3) is 0 Å². The Morgan fingerprint density at radius 3 is 2.56 bits per heavy atom. The van der Waals surface area contributed by atoms with E-state index in [1.54, 1.807) is 4.90 Å². The largest absolute Gasteiger partial charge is 0.330 e. The van der Waals surface area contributed by atoms with Crippen LogP contribution in [0.3, 0.4) is 0 Å². The van der Waals surface area contributed by atoms with Gasteiger partial charge in [-0.15, -0.1) is 0 Å². The van der Waals surface area contributed by atoms with Crippen molar-refractivity contribution in [3.63, 3.8) is 0 Å². The molecule has 25 heavy (non-hydrogen) atoms. The predicted octanol–water partition coefficient (Wildman–Crippen LogP) is 3.48. The first-order valence-corrected chi connectivity index (χ1v) is 8.76. The molecule has 1 heterocycles. The van der Waals surface area contributed by atoms with Crippen molar-refractivity contribution in [2.75, 3.05) is 11.9 Å². The van der Waals surface area contributed by atoms with E-state index < -0.39 is 0 Å². The van der Waals surface area contributed by atoms with Crippen LogP contribution in [0, 0.1) is 13.8 Å². The number of hydrogen-bond acceptors (Lipinski definition) is 2. The number of nitrogens with zero attached hydrogens (tertiary/aromatic N) is 1. The van der Waals surface area contributed by atoms with Crippen LogP contribution >= 0.6 is 0 Å². The Morgan fingerprint density at radius 2 is 1.84 bits per heavy atom. The van der Waals surface area contributed by atoms with Crippen molar-refractivity contribution in [1.82, 2.24) is 4.90 Å². The van der Waals surface area contributed by atoms with Crippen LogP contribution in [0.15, 0.2) is 48.5 Å². The number of hydrogen-bond donors (Lipinski definition) is 1. The second kappa shape index (κ2) is 7.51. The number of carbonyl (C=O) groups is 2. The lowest BCUT2D eigenvalue weighted by Crippen LogP contribution is -2.43. The SMILES string of the molecule is Cc1ccc(NC(=O)C2CCCN2C(=O)Cc2ccccc2)cc1C. The fraction of sp³-hybridized carbons (Fsp3) is 0.333. The van der Waals surface area contributed by atoms with Crippen LogP contribution in [-0.4, -0.2) is 29.3 Å². The molecule has 1 saturated heterocycles. The molecule has 1 aliphatic heterocycles. The molecule has 4 nitrogen and oxygen atoms in total. The highest BCUT2D eigenvalue weighted by molar-refractivity contribution is 5.97. The van der Waals surface area contributed by atoms with Crippen LogP contribution in [0.5, 0.6) is 0 Å². The number of likely N-dealkylation sites (tertiary alicyclic amines) is 1. The van der Waals surface area contributed by atoms with Crippen LogP contribution in [-0.2, 0) is 16.0 Å². The molecule has 130 valence electrons. The molecule has 2 aromatic carbocycles. The molecule has 0 radical (unpaired) electrons. The summed E-state index contributed by atoms with van der Waals surface area (Å²) >= 11 is 0. The quantitative estimate of drug-likeness (QED) is 0.929. The van der Waals surface area contributed by atoms with E-state index in [-0.39, 0.29) is 17.9 Å². The van der Waals surface area contributed by atoms with Gasteiger partial charge in [-0.05, 0) is 55.5 Å². The van der Waals surface area contributed by atoms with Gasteiger partial charge in [0, 0.05) is 12.2 Å². The van der Waals surface area contributed by atoms with Gasteiger partial charge in [-0.3, -0.25) is 9.59 Å². The van der Waals surface area contributed by atoms with Crippen molar-refractivity contribution in [3.05, 3.63) is 65.2 Å². The number of rotatable bonds is 4. The summed E-state index contributed by atoms with van der Waals surface area (Å²) < 4.78 is 0. The number of benzene rings is 2. The Kier molecular flexibility index (Phi) is 5.17. The molecular weight excluding hydrogens is 312 g/mol. The van der Waals surface area contributed by atoms with E-state index in [2.05, 4.69) is 5.32 Å². The Hall–Kier alpha value is -2.62. The first-order valence-electron chi connectivity index (χ1n) is 8.76. The fourth-order valence-corrected chi connectivity index (χ4v) is 3.25. The summed E-state index contributed by atoms with van der Waals surface area (Å²) in [4.78, 5) is 27.0. The third-order valence-corrected chi connectivity index (χ3v) is 4.85. The number of amides is 2. The van der Waals surface area contributed by atoms with E-state index in [0.717, 1.165) is 29.7 Å². The first kappa shape index (κ1) is 17.2. The van der Waals surface area contributed by atoms with Gasteiger partial charge in [0.2, 0.25) is 11.8 Å². The zero-order valence-electron chi connectivity index (χ0n) is 14.8. The van der Waals surface area contributed by atoms with E-state index in [0.29, 0.717) is 13.0 Å². The van der Waals surface area contributed by atoms with E-state index in [1.165, 1.54) is 5.56 Å². The lowest BCUT2D eigenvalue weighted by molar-refractivity contribution is -0.136. The van der Waals surface area contributed by atoms with Crippen molar-refractivity contribution in [2.24, 2.45) is 0 Å². The summed E-state index contributed by atoms with van der Waals surface area (Å²) in [6.07, 6.45) is 1.93. The van der Waals surface area contributed by atoms with Crippen molar-refractivity contribution in [1.29, 1.82) is 0 Å². The van der Waals surface area contributed by atoms with Gasteiger partial charge in [-0.2, -0.15) is 0 Å². The lowest BCUT2D eigenvalue weighted by atomic mass is 10.1. The van der Waals surface area contributed by atoms with Gasteiger partial charge in [-0.25, -0.2) is 0 Å². The molecule has 1 aliphatic rings. The van der Waals surface area contributed by atoms with Gasteiger partial charge in [-0.1, -0.05) is 36.4 Å². The summed E-state index contributed by atoms with van der Waals surface area (Å²) in [6.45, 7) is 4.72. The highest BCUT2D eigenvalue weighted by Gasteiger charge is 2.33. The average Bonchev–Trinajstić information content (AvgIpc) is 3.09. The first-order chi connectivity index (χ1) is 12.0. The Bertz CT molecular complexity index is 771. The lowest BCUT2D eigenvalue weighted by Gasteiger charge is -2.24. The third kappa shape index (κ3) is 4.08. The Morgan fingerprint density at radius 1 is 1.08 bits per heavy atom. The highest BCUT2D eigenvalue weighted by atomic mass is 16.2. The number of carbonyl (C=O) groups excluding carboxylic acids is 2. The van der Waals surface area contributed by atoms with Gasteiger partial charge < -0.3 is 10.2 Å². The predicted molar refractivity (Wildman–Crippen MR) is 99.4 cm³/mol. The monoisotopic (exact) mass is 336 g/mol. The summed E-state index contributed by atoms with van der Waals surface area (Å²) in [5.74, 6) is -0.0777. The topological polar surface area (TPSA) is 49.4 Å². The van der Waals surface area contributed by atoms with E-state index >= 15 is 0 Å². The molecule has 1 unspecified atom stereocenters. The maximum Gasteiger partial charge on any atom is 0.247 e. The minimum atomic E-state index is -0.377. The maximum absolute atomic E-state index is 12.7. The zero-order chi connectivity index (χ0) is 17.8.